The van der Waals surface area contributed by atoms with Crippen molar-refractivity contribution in [2.24, 2.45) is 0 Å². The molecule has 2 heterocycles. The van der Waals surface area contributed by atoms with Crippen molar-refractivity contribution < 1.29 is 9.53 Å². The number of benzene rings is 2. The van der Waals surface area contributed by atoms with Gasteiger partial charge in [0.05, 0.1) is 18.0 Å². The number of nitrogens with zero attached hydrogens (tertiary/aromatic N) is 2. The molecule has 152 valence electrons. The van der Waals surface area contributed by atoms with Crippen molar-refractivity contribution in [3.05, 3.63) is 83.6 Å². The molecule has 30 heavy (non-hydrogen) atoms. The molecule has 0 saturated carbocycles. The second kappa shape index (κ2) is 9.01. The van der Waals surface area contributed by atoms with Gasteiger partial charge in [-0.2, -0.15) is 0 Å². The first-order chi connectivity index (χ1) is 14.6. The first-order valence-electron chi connectivity index (χ1n) is 9.88. The van der Waals surface area contributed by atoms with E-state index in [1.807, 2.05) is 84.3 Å². The van der Waals surface area contributed by atoms with Crippen LogP contribution >= 0.6 is 11.6 Å². The Balaban J connectivity index is 1.52. The Morgan fingerprint density at radius 3 is 2.57 bits per heavy atom. The Bertz CT molecular complexity index is 1150. The van der Waals surface area contributed by atoms with E-state index in [1.54, 1.807) is 0 Å². The molecule has 0 aliphatic rings. The van der Waals surface area contributed by atoms with Gasteiger partial charge in [0.2, 0.25) is 5.91 Å². The number of hydrogen-bond donors (Lipinski definition) is 1. The van der Waals surface area contributed by atoms with Crippen LogP contribution < -0.4 is 10.1 Å². The van der Waals surface area contributed by atoms with E-state index in [4.69, 9.17) is 21.3 Å². The molecular weight excluding hydrogens is 398 g/mol. The Hall–Kier alpha value is -3.31. The summed E-state index contributed by atoms with van der Waals surface area (Å²) in [7, 11) is 0. The SMILES string of the molecule is CCOc1ccc(NC(=O)CCc2c(-c3ccc(Cl)cc3)nc3ccccn23)cc1. The zero-order valence-corrected chi connectivity index (χ0v) is 17.4. The fourth-order valence-corrected chi connectivity index (χ4v) is 3.51. The maximum absolute atomic E-state index is 12.6. The maximum Gasteiger partial charge on any atom is 0.224 e. The molecule has 0 unspecified atom stereocenters. The first-order valence-corrected chi connectivity index (χ1v) is 10.3. The number of aromatic nitrogens is 2. The van der Waals surface area contributed by atoms with E-state index < -0.39 is 0 Å². The summed E-state index contributed by atoms with van der Waals surface area (Å²) in [4.78, 5) is 17.3. The summed E-state index contributed by atoms with van der Waals surface area (Å²) in [6.07, 6.45) is 2.88. The number of pyridine rings is 1. The predicted molar refractivity (Wildman–Crippen MR) is 120 cm³/mol. The summed E-state index contributed by atoms with van der Waals surface area (Å²) in [5.41, 5.74) is 4.44. The molecule has 2 aromatic carbocycles. The lowest BCUT2D eigenvalue weighted by molar-refractivity contribution is -0.116. The van der Waals surface area contributed by atoms with Gasteiger partial charge in [-0.25, -0.2) is 4.98 Å². The average molecular weight is 420 g/mol. The Morgan fingerprint density at radius 2 is 1.83 bits per heavy atom. The van der Waals surface area contributed by atoms with E-state index in [-0.39, 0.29) is 5.91 Å². The van der Waals surface area contributed by atoms with Crippen LogP contribution in [0.5, 0.6) is 5.75 Å². The number of carbonyl (C=O) groups is 1. The quantitative estimate of drug-likeness (QED) is 0.422. The zero-order valence-electron chi connectivity index (χ0n) is 16.6. The lowest BCUT2D eigenvalue weighted by Gasteiger charge is -2.08. The van der Waals surface area contributed by atoms with Gasteiger partial charge in [-0.3, -0.25) is 4.79 Å². The number of halogens is 1. The third-order valence-corrected chi connectivity index (χ3v) is 5.04. The van der Waals surface area contributed by atoms with Crippen molar-refractivity contribution in [1.82, 2.24) is 9.38 Å². The fraction of sp³-hybridized carbons (Fsp3) is 0.167. The molecule has 0 fully saturated rings. The van der Waals surface area contributed by atoms with Gasteiger partial charge in [-0.1, -0.05) is 29.8 Å². The van der Waals surface area contributed by atoms with Crippen LogP contribution in [0.3, 0.4) is 0 Å². The molecule has 0 radical (unpaired) electrons. The number of nitrogens with one attached hydrogen (secondary N) is 1. The van der Waals surface area contributed by atoms with E-state index in [2.05, 4.69) is 5.32 Å². The first kappa shape index (κ1) is 20.0. The van der Waals surface area contributed by atoms with Crippen LogP contribution in [0.2, 0.25) is 5.02 Å². The van der Waals surface area contributed by atoms with Crippen LogP contribution in [0.25, 0.3) is 16.9 Å². The second-order valence-electron chi connectivity index (χ2n) is 6.85. The normalized spacial score (nSPS) is 10.9. The number of fused-ring (bicyclic) bond motifs is 1. The second-order valence-corrected chi connectivity index (χ2v) is 7.28. The summed E-state index contributed by atoms with van der Waals surface area (Å²) < 4.78 is 7.47. The van der Waals surface area contributed by atoms with Crippen molar-refractivity contribution >= 4 is 28.8 Å². The summed E-state index contributed by atoms with van der Waals surface area (Å²) in [6.45, 7) is 2.55. The van der Waals surface area contributed by atoms with Crippen molar-refractivity contribution in [3.63, 3.8) is 0 Å². The number of aryl methyl sites for hydroxylation is 1. The van der Waals surface area contributed by atoms with Crippen molar-refractivity contribution in [3.8, 4) is 17.0 Å². The minimum absolute atomic E-state index is 0.0490. The highest BCUT2D eigenvalue weighted by Crippen LogP contribution is 2.27. The van der Waals surface area contributed by atoms with Crippen LogP contribution in [0, 0.1) is 0 Å². The molecule has 0 saturated heterocycles. The maximum atomic E-state index is 12.6. The molecular formula is C24H22ClN3O2. The van der Waals surface area contributed by atoms with Gasteiger partial charge < -0.3 is 14.5 Å². The number of ether oxygens (including phenoxy) is 1. The van der Waals surface area contributed by atoms with Crippen molar-refractivity contribution in [1.29, 1.82) is 0 Å². The van der Waals surface area contributed by atoms with Crippen LogP contribution in [-0.2, 0) is 11.2 Å². The van der Waals surface area contributed by atoms with E-state index in [0.29, 0.717) is 24.5 Å². The predicted octanol–water partition coefficient (Wildman–Crippen LogP) is 5.62. The average Bonchev–Trinajstić information content (AvgIpc) is 3.13. The van der Waals surface area contributed by atoms with Crippen molar-refractivity contribution in [2.45, 2.75) is 19.8 Å². The summed E-state index contributed by atoms with van der Waals surface area (Å²) in [5.74, 6) is 0.737. The van der Waals surface area contributed by atoms with Gasteiger partial charge >= 0.3 is 0 Å². The number of anilines is 1. The molecule has 1 amide bonds. The standard InChI is InChI=1S/C24H22ClN3O2/c1-2-30-20-12-10-19(11-13-20)26-23(29)15-14-21-24(17-6-8-18(25)9-7-17)27-22-5-3-4-16-28(21)22/h3-13,16H,2,14-15H2,1H3,(H,26,29). The van der Waals surface area contributed by atoms with Gasteiger partial charge in [-0.15, -0.1) is 0 Å². The molecule has 2 aromatic heterocycles. The third-order valence-electron chi connectivity index (χ3n) is 4.78. The Morgan fingerprint density at radius 1 is 1.07 bits per heavy atom. The number of imidazole rings is 1. The molecule has 0 aliphatic heterocycles. The molecule has 5 nitrogen and oxygen atoms in total. The molecule has 1 N–H and O–H groups in total. The number of amides is 1. The van der Waals surface area contributed by atoms with Gasteiger partial charge in [-0.05, 0) is 61.9 Å². The topological polar surface area (TPSA) is 55.6 Å². The van der Waals surface area contributed by atoms with Crippen molar-refractivity contribution in [2.75, 3.05) is 11.9 Å². The minimum atomic E-state index is -0.0490. The number of carbonyl (C=O) groups excluding carboxylic acids is 1. The number of hydrogen-bond acceptors (Lipinski definition) is 3. The molecule has 6 heteroatoms. The van der Waals surface area contributed by atoms with Gasteiger partial charge in [0.1, 0.15) is 11.4 Å². The van der Waals surface area contributed by atoms with Gasteiger partial charge in [0.15, 0.2) is 0 Å². The number of rotatable bonds is 7. The van der Waals surface area contributed by atoms with Crippen LogP contribution in [0.1, 0.15) is 19.0 Å². The van der Waals surface area contributed by atoms with E-state index in [9.17, 15) is 4.79 Å². The molecule has 0 bridgehead atoms. The minimum Gasteiger partial charge on any atom is -0.494 e. The lowest BCUT2D eigenvalue weighted by atomic mass is 10.1. The van der Waals surface area contributed by atoms with Crippen LogP contribution in [0.4, 0.5) is 5.69 Å². The van der Waals surface area contributed by atoms with Crippen LogP contribution in [0.15, 0.2) is 72.9 Å². The third kappa shape index (κ3) is 4.47. The monoisotopic (exact) mass is 419 g/mol. The molecule has 0 atom stereocenters. The summed E-state index contributed by atoms with van der Waals surface area (Å²) >= 11 is 6.04. The fourth-order valence-electron chi connectivity index (χ4n) is 3.38. The highest BCUT2D eigenvalue weighted by molar-refractivity contribution is 6.30. The summed E-state index contributed by atoms with van der Waals surface area (Å²) in [5, 5.41) is 3.63. The highest BCUT2D eigenvalue weighted by Gasteiger charge is 2.15. The summed E-state index contributed by atoms with van der Waals surface area (Å²) in [6, 6.07) is 20.9. The zero-order chi connectivity index (χ0) is 20.9. The molecule has 0 spiro atoms. The highest BCUT2D eigenvalue weighted by atomic mass is 35.5. The molecule has 0 aliphatic carbocycles. The Labute approximate surface area is 180 Å². The van der Waals surface area contributed by atoms with E-state index >= 15 is 0 Å². The molecule has 4 rings (SSSR count). The molecule has 4 aromatic rings. The smallest absolute Gasteiger partial charge is 0.224 e. The Kier molecular flexibility index (Phi) is 6.00. The van der Waals surface area contributed by atoms with Gasteiger partial charge in [0, 0.05) is 28.9 Å². The lowest BCUT2D eigenvalue weighted by Crippen LogP contribution is -2.13. The van der Waals surface area contributed by atoms with E-state index in [0.717, 1.165) is 34.0 Å². The largest absolute Gasteiger partial charge is 0.494 e. The van der Waals surface area contributed by atoms with Gasteiger partial charge in [0.25, 0.3) is 0 Å². The van der Waals surface area contributed by atoms with E-state index in [1.165, 1.54) is 0 Å². The van der Waals surface area contributed by atoms with Crippen LogP contribution in [-0.4, -0.2) is 21.9 Å².